The molecular weight excluding hydrogens is 368 g/mol. The highest BCUT2D eigenvalue weighted by Gasteiger charge is 2.14. The summed E-state index contributed by atoms with van der Waals surface area (Å²) in [7, 11) is 3.72. The summed E-state index contributed by atoms with van der Waals surface area (Å²) in [5, 5.41) is 5.66. The topological polar surface area (TPSA) is 73.9 Å². The fraction of sp³-hybridized carbons (Fsp3) is 0.364. The van der Waals surface area contributed by atoms with Crippen molar-refractivity contribution in [2.45, 2.75) is 0 Å². The lowest BCUT2D eigenvalue weighted by molar-refractivity contribution is 0.0935. The highest BCUT2D eigenvalue weighted by atomic mass is 16.5. The number of ether oxygens (including phenoxy) is 1. The lowest BCUT2D eigenvalue weighted by Gasteiger charge is -2.34. The van der Waals surface area contributed by atoms with E-state index >= 15 is 0 Å². The van der Waals surface area contributed by atoms with E-state index in [-0.39, 0.29) is 11.8 Å². The second-order valence-electron chi connectivity index (χ2n) is 7.12. The minimum atomic E-state index is -0.205. The van der Waals surface area contributed by atoms with Crippen LogP contribution in [0.25, 0.3) is 0 Å². The first-order valence-corrected chi connectivity index (χ1v) is 9.79. The van der Waals surface area contributed by atoms with Crippen LogP contribution in [0.5, 0.6) is 0 Å². The molecule has 2 amide bonds. The van der Waals surface area contributed by atoms with Gasteiger partial charge in [-0.05, 0) is 55.6 Å². The number of benzene rings is 2. The zero-order valence-corrected chi connectivity index (χ0v) is 17.0. The SMILES string of the molecule is COCCNC(=O)c1ccc(C(=O)Nc2ccc(N3CCN(C)CC3)cc2)cc1. The largest absolute Gasteiger partial charge is 0.383 e. The number of rotatable bonds is 7. The Bertz CT molecular complexity index is 813. The molecule has 0 radical (unpaired) electrons. The molecule has 7 heteroatoms. The van der Waals surface area contributed by atoms with Crippen molar-refractivity contribution in [2.75, 3.05) is 63.7 Å². The summed E-state index contributed by atoms with van der Waals surface area (Å²) in [6, 6.07) is 14.5. The average molecular weight is 396 g/mol. The van der Waals surface area contributed by atoms with Crippen molar-refractivity contribution in [3.05, 3.63) is 59.7 Å². The van der Waals surface area contributed by atoms with E-state index in [0.29, 0.717) is 24.3 Å². The Kier molecular flexibility index (Phi) is 7.21. The molecule has 154 valence electrons. The van der Waals surface area contributed by atoms with E-state index in [1.807, 2.05) is 24.3 Å². The third-order valence-electron chi connectivity index (χ3n) is 4.99. The third kappa shape index (κ3) is 5.79. The number of carbonyl (C=O) groups excluding carboxylic acids is 2. The van der Waals surface area contributed by atoms with Gasteiger partial charge in [-0.2, -0.15) is 0 Å². The third-order valence-corrected chi connectivity index (χ3v) is 4.99. The molecule has 0 unspecified atom stereocenters. The summed E-state index contributed by atoms with van der Waals surface area (Å²) in [6.07, 6.45) is 0. The number of carbonyl (C=O) groups is 2. The first kappa shape index (κ1) is 20.8. The van der Waals surface area contributed by atoms with Gasteiger partial charge in [0.25, 0.3) is 11.8 Å². The molecule has 3 rings (SSSR count). The van der Waals surface area contributed by atoms with Crippen LogP contribution in [0.1, 0.15) is 20.7 Å². The molecule has 1 fully saturated rings. The van der Waals surface area contributed by atoms with Crippen molar-refractivity contribution in [2.24, 2.45) is 0 Å². The fourth-order valence-electron chi connectivity index (χ4n) is 3.17. The van der Waals surface area contributed by atoms with Crippen LogP contribution < -0.4 is 15.5 Å². The zero-order chi connectivity index (χ0) is 20.6. The molecule has 2 aromatic carbocycles. The first-order valence-electron chi connectivity index (χ1n) is 9.79. The zero-order valence-electron chi connectivity index (χ0n) is 17.0. The molecule has 0 saturated carbocycles. The van der Waals surface area contributed by atoms with Gasteiger partial charge in [-0.25, -0.2) is 0 Å². The van der Waals surface area contributed by atoms with Crippen LogP contribution in [0.4, 0.5) is 11.4 Å². The Balaban J connectivity index is 1.55. The van der Waals surface area contributed by atoms with Crippen LogP contribution in [-0.2, 0) is 4.74 Å². The number of hydrogen-bond donors (Lipinski definition) is 2. The number of likely N-dealkylation sites (N-methyl/N-ethyl adjacent to an activating group) is 1. The van der Waals surface area contributed by atoms with Gasteiger partial charge in [0, 0.05) is 62.3 Å². The highest BCUT2D eigenvalue weighted by molar-refractivity contribution is 6.05. The summed E-state index contributed by atoms with van der Waals surface area (Å²) in [5.74, 6) is -0.391. The molecule has 0 aliphatic carbocycles. The van der Waals surface area contributed by atoms with E-state index in [2.05, 4.69) is 27.5 Å². The molecule has 7 nitrogen and oxygen atoms in total. The Morgan fingerprint density at radius 3 is 2.07 bits per heavy atom. The molecule has 0 spiro atoms. The van der Waals surface area contributed by atoms with Crippen molar-refractivity contribution in [3.8, 4) is 0 Å². The number of amides is 2. The Morgan fingerprint density at radius 2 is 1.48 bits per heavy atom. The number of nitrogens with one attached hydrogen (secondary N) is 2. The average Bonchev–Trinajstić information content (AvgIpc) is 2.75. The van der Waals surface area contributed by atoms with Crippen LogP contribution in [0, 0.1) is 0 Å². The van der Waals surface area contributed by atoms with Gasteiger partial charge in [0.1, 0.15) is 0 Å². The van der Waals surface area contributed by atoms with E-state index in [1.165, 1.54) is 5.69 Å². The van der Waals surface area contributed by atoms with Crippen LogP contribution in [-0.4, -0.2) is 70.2 Å². The van der Waals surface area contributed by atoms with E-state index in [9.17, 15) is 9.59 Å². The van der Waals surface area contributed by atoms with Crippen LogP contribution in [0.3, 0.4) is 0 Å². The van der Waals surface area contributed by atoms with E-state index < -0.39 is 0 Å². The van der Waals surface area contributed by atoms with Crippen LogP contribution >= 0.6 is 0 Å². The first-order chi connectivity index (χ1) is 14.1. The minimum absolute atomic E-state index is 0.187. The molecule has 2 N–H and O–H groups in total. The van der Waals surface area contributed by atoms with Crippen LogP contribution in [0.2, 0.25) is 0 Å². The molecule has 1 aliphatic rings. The Hall–Kier alpha value is -2.90. The maximum Gasteiger partial charge on any atom is 0.255 e. The minimum Gasteiger partial charge on any atom is -0.383 e. The van der Waals surface area contributed by atoms with Gasteiger partial charge in [-0.1, -0.05) is 0 Å². The van der Waals surface area contributed by atoms with E-state index in [4.69, 9.17) is 4.74 Å². The Labute approximate surface area is 171 Å². The van der Waals surface area contributed by atoms with Crippen molar-refractivity contribution in [1.82, 2.24) is 10.2 Å². The summed E-state index contributed by atoms with van der Waals surface area (Å²) >= 11 is 0. The van der Waals surface area contributed by atoms with Gasteiger partial charge in [-0.3, -0.25) is 9.59 Å². The van der Waals surface area contributed by atoms with E-state index in [1.54, 1.807) is 31.4 Å². The molecule has 0 bridgehead atoms. The maximum absolute atomic E-state index is 12.5. The smallest absolute Gasteiger partial charge is 0.255 e. The van der Waals surface area contributed by atoms with Gasteiger partial charge in [0.05, 0.1) is 6.61 Å². The molecular formula is C22H28N4O3. The predicted molar refractivity (Wildman–Crippen MR) is 115 cm³/mol. The monoisotopic (exact) mass is 396 g/mol. The van der Waals surface area contributed by atoms with Crippen molar-refractivity contribution in [3.63, 3.8) is 0 Å². The van der Waals surface area contributed by atoms with Crippen molar-refractivity contribution >= 4 is 23.2 Å². The van der Waals surface area contributed by atoms with Gasteiger partial charge in [0.2, 0.25) is 0 Å². The quantitative estimate of drug-likeness (QED) is 0.701. The highest BCUT2D eigenvalue weighted by Crippen LogP contribution is 2.20. The number of methoxy groups -OCH3 is 1. The van der Waals surface area contributed by atoms with Crippen molar-refractivity contribution in [1.29, 1.82) is 0 Å². The van der Waals surface area contributed by atoms with Gasteiger partial charge in [-0.15, -0.1) is 0 Å². The number of piperazine rings is 1. The second kappa shape index (κ2) is 10.0. The molecule has 1 saturated heterocycles. The molecule has 0 aromatic heterocycles. The molecule has 29 heavy (non-hydrogen) atoms. The number of hydrogen-bond acceptors (Lipinski definition) is 5. The lowest BCUT2D eigenvalue weighted by Crippen LogP contribution is -2.44. The summed E-state index contributed by atoms with van der Waals surface area (Å²) in [4.78, 5) is 29.2. The van der Waals surface area contributed by atoms with Gasteiger partial charge >= 0.3 is 0 Å². The van der Waals surface area contributed by atoms with E-state index in [0.717, 1.165) is 31.9 Å². The number of anilines is 2. The lowest BCUT2D eigenvalue weighted by atomic mass is 10.1. The fourth-order valence-corrected chi connectivity index (χ4v) is 3.17. The molecule has 1 heterocycles. The summed E-state index contributed by atoms with van der Waals surface area (Å²) in [6.45, 7) is 5.03. The maximum atomic E-state index is 12.5. The van der Waals surface area contributed by atoms with Crippen LogP contribution in [0.15, 0.2) is 48.5 Å². The standard InChI is InChI=1S/C22H28N4O3/c1-25-12-14-26(15-13-25)20-9-7-19(8-10-20)24-22(28)18-5-3-17(4-6-18)21(27)23-11-16-29-2/h3-10H,11-16H2,1-2H3,(H,23,27)(H,24,28). The number of nitrogens with zero attached hydrogens (tertiary/aromatic N) is 2. The molecule has 0 atom stereocenters. The summed E-state index contributed by atoms with van der Waals surface area (Å²) < 4.78 is 4.91. The predicted octanol–water partition coefficient (Wildman–Crippen LogP) is 2.07. The Morgan fingerprint density at radius 1 is 0.897 bits per heavy atom. The normalized spacial score (nSPS) is 14.5. The second-order valence-corrected chi connectivity index (χ2v) is 7.12. The van der Waals surface area contributed by atoms with Crippen molar-refractivity contribution < 1.29 is 14.3 Å². The summed E-state index contributed by atoms with van der Waals surface area (Å²) in [5.41, 5.74) is 2.92. The molecule has 1 aliphatic heterocycles. The van der Waals surface area contributed by atoms with Gasteiger partial charge < -0.3 is 25.2 Å². The van der Waals surface area contributed by atoms with Gasteiger partial charge in [0.15, 0.2) is 0 Å². The molecule has 2 aromatic rings.